The summed E-state index contributed by atoms with van der Waals surface area (Å²) in [6, 6.07) is 37.3. The van der Waals surface area contributed by atoms with Crippen molar-refractivity contribution in [3.05, 3.63) is 177 Å². The number of alkyl halides is 1. The number of hydrogen-bond donors (Lipinski definition) is 3. The number of anilines is 2. The number of ketones is 4. The summed E-state index contributed by atoms with van der Waals surface area (Å²) in [6.07, 6.45) is 2.56. The monoisotopic (exact) mass is 1010 g/mol. The molecule has 0 amide bonds. The number of rotatable bonds is 7. The van der Waals surface area contributed by atoms with Crippen LogP contribution in [0.5, 0.6) is 11.5 Å². The van der Waals surface area contributed by atoms with Gasteiger partial charge in [-0.05, 0) is 61.4 Å². The van der Waals surface area contributed by atoms with E-state index in [0.29, 0.717) is 73.4 Å². The topological polar surface area (TPSA) is 175 Å². The molecule has 6 aromatic carbocycles. The third-order valence-electron chi connectivity index (χ3n) is 13.8. The van der Waals surface area contributed by atoms with Crippen molar-refractivity contribution >= 4 is 68.2 Å². The molecule has 5 heterocycles. The molecule has 2 aliphatic carbocycles. The number of benzene rings is 6. The van der Waals surface area contributed by atoms with Gasteiger partial charge in [-0.3, -0.25) is 24.1 Å². The fourth-order valence-electron chi connectivity index (χ4n) is 9.97. The van der Waals surface area contributed by atoms with Crippen LogP contribution in [0.4, 0.5) is 11.4 Å². The van der Waals surface area contributed by atoms with Crippen molar-refractivity contribution in [2.24, 2.45) is 0 Å². The number of nitrogens with zero attached hydrogens (tertiary/aromatic N) is 5. The molecule has 0 radical (unpaired) electrons. The Balaban J connectivity index is 0.000000132. The molecule has 16 heteroatoms. The number of nitrogens with one attached hydrogen (secondary N) is 3. The van der Waals surface area contributed by atoms with Gasteiger partial charge in [0.15, 0.2) is 23.1 Å². The van der Waals surface area contributed by atoms with Gasteiger partial charge in [0.2, 0.25) is 0 Å². The molecule has 3 fully saturated rings. The molecule has 0 unspecified atom stereocenters. The number of hydrogen-bond acceptors (Lipinski definition) is 13. The van der Waals surface area contributed by atoms with Gasteiger partial charge in [-0.2, -0.15) is 0 Å². The van der Waals surface area contributed by atoms with E-state index in [1.165, 1.54) is 18.5 Å². The number of aromatic nitrogens is 4. The van der Waals surface area contributed by atoms with Crippen molar-refractivity contribution in [3.63, 3.8) is 0 Å². The Labute approximate surface area is 433 Å². The second kappa shape index (κ2) is 22.6. The van der Waals surface area contributed by atoms with Crippen LogP contribution < -0.4 is 24.6 Å². The number of H-pyrrole nitrogens is 2. The van der Waals surface area contributed by atoms with Gasteiger partial charge in [0, 0.05) is 122 Å². The predicted octanol–water partition coefficient (Wildman–Crippen LogP) is 8.65. The average molecular weight is 1010 g/mol. The van der Waals surface area contributed by atoms with Crippen molar-refractivity contribution in [3.8, 4) is 11.5 Å². The van der Waals surface area contributed by atoms with Crippen LogP contribution in [0.3, 0.4) is 0 Å². The lowest BCUT2D eigenvalue weighted by Gasteiger charge is -2.35. The Morgan fingerprint density at radius 2 is 0.986 bits per heavy atom. The number of methoxy groups -OCH3 is 2. The number of ether oxygens (including phenoxy) is 3. The maximum absolute atomic E-state index is 13.3. The van der Waals surface area contributed by atoms with E-state index in [2.05, 4.69) is 59.2 Å². The summed E-state index contributed by atoms with van der Waals surface area (Å²) in [5.74, 6) is 2.84. The zero-order valence-corrected chi connectivity index (χ0v) is 42.2. The van der Waals surface area contributed by atoms with Gasteiger partial charge in [-0.1, -0.05) is 60.7 Å². The van der Waals surface area contributed by atoms with E-state index < -0.39 is 0 Å². The maximum atomic E-state index is 13.3. The van der Waals surface area contributed by atoms with Crippen LogP contribution in [0, 0.1) is 0 Å². The molecule has 0 saturated carbocycles. The summed E-state index contributed by atoms with van der Waals surface area (Å²) in [4.78, 5) is 74.1. The van der Waals surface area contributed by atoms with E-state index in [9.17, 15) is 19.2 Å². The fourth-order valence-corrected chi connectivity index (χ4v) is 10.1. The highest BCUT2D eigenvalue weighted by molar-refractivity contribution is 6.32. The number of halogens is 1. The highest BCUT2D eigenvalue weighted by Crippen LogP contribution is 2.34. The second-order valence-electron chi connectivity index (χ2n) is 18.4. The van der Waals surface area contributed by atoms with Crippen LogP contribution >= 0.6 is 11.6 Å². The third-order valence-corrected chi connectivity index (χ3v) is 14.1. The molecule has 3 aliphatic heterocycles. The molecular weight excluding hydrogens is 956 g/mol. The smallest absolute Gasteiger partial charge is 0.196 e. The van der Waals surface area contributed by atoms with Crippen molar-refractivity contribution in [2.45, 2.75) is 25.3 Å². The first kappa shape index (κ1) is 49.9. The first-order valence-corrected chi connectivity index (χ1v) is 25.5. The van der Waals surface area contributed by atoms with Crippen LogP contribution in [0.25, 0.3) is 22.1 Å². The lowest BCUT2D eigenvalue weighted by Crippen LogP contribution is -2.46. The van der Waals surface area contributed by atoms with E-state index in [1.807, 2.05) is 30.3 Å². The molecule has 8 aromatic rings. The molecule has 0 bridgehead atoms. The van der Waals surface area contributed by atoms with Crippen LogP contribution in [0.2, 0.25) is 0 Å². The molecular formula is C58H57ClN8O7. The van der Waals surface area contributed by atoms with Crippen molar-refractivity contribution < 1.29 is 33.4 Å². The van der Waals surface area contributed by atoms with Gasteiger partial charge in [0.05, 0.1) is 48.8 Å². The van der Waals surface area contributed by atoms with E-state index in [1.54, 1.807) is 80.9 Å². The molecule has 0 spiro atoms. The fraction of sp³-hybridized carbons (Fsp3) is 0.276. The second-order valence-corrected chi connectivity index (χ2v) is 18.7. The Bertz CT molecular complexity index is 3360. The first-order valence-electron chi connectivity index (χ1n) is 25.0. The molecule has 3 N–H and O–H groups in total. The standard InChI is InChI=1S/C27H24N4O3.C16H9ClN2O2.C11H16N2O.C4H8O/c1-34-18-6-4-5-17(15-18)31-13-11-30(12-14-31)16-23-28-22-10-9-21-24(25(22)29-23)27(33)20-8-3-2-7-19(20)26(21)32;17-7-12-18-11-6-5-10-13(14(11)19-12)16(21)9-4-2-1-3-8(9)15(10)20;1-14-11-4-2-3-10(9-11)13-7-5-12-6-8-13;1-2-4-5-3-1/h2-10,15H,11-14,16H2,1H3,(H,28,29);1-6H,7H2,(H,18,19);2-4,9,12H,5-8H2,1H3;1-4H2. The Morgan fingerprint density at radius 1 is 0.527 bits per heavy atom. The summed E-state index contributed by atoms with van der Waals surface area (Å²) in [5, 5.41) is 3.34. The average Bonchev–Trinajstić information content (AvgIpc) is 4.28. The van der Waals surface area contributed by atoms with E-state index >= 15 is 0 Å². The predicted molar refractivity (Wildman–Crippen MR) is 287 cm³/mol. The van der Waals surface area contributed by atoms with Gasteiger partial charge in [-0.25, -0.2) is 9.97 Å². The highest BCUT2D eigenvalue weighted by atomic mass is 35.5. The van der Waals surface area contributed by atoms with Crippen molar-refractivity contribution in [2.75, 3.05) is 89.6 Å². The van der Waals surface area contributed by atoms with Gasteiger partial charge in [-0.15, -0.1) is 11.6 Å². The molecule has 5 aliphatic rings. The van der Waals surface area contributed by atoms with E-state index in [-0.39, 0.29) is 29.0 Å². The number of imidazole rings is 2. The summed E-state index contributed by atoms with van der Waals surface area (Å²) < 4.78 is 15.5. The molecule has 2 aromatic heterocycles. The highest BCUT2D eigenvalue weighted by Gasteiger charge is 2.34. The number of fused-ring (bicyclic) bond motifs is 8. The van der Waals surface area contributed by atoms with Crippen molar-refractivity contribution in [1.82, 2.24) is 30.2 Å². The van der Waals surface area contributed by atoms with Gasteiger partial charge >= 0.3 is 0 Å². The molecule has 15 nitrogen and oxygen atoms in total. The molecule has 13 rings (SSSR count). The van der Waals surface area contributed by atoms with Gasteiger partial charge in [0.25, 0.3) is 0 Å². The normalized spacial score (nSPS) is 15.9. The van der Waals surface area contributed by atoms with Gasteiger partial charge in [0.1, 0.15) is 34.2 Å². The SMILES string of the molecule is C1CCOC1.COc1cccc(N2CCN(Cc3nc4c5c(ccc4[nH]3)C(=O)c3ccccc3C5=O)CC2)c1.COc1cccc(N2CCNCC2)c1.O=C1c2ccccc2C(=O)c2c1ccc1[nH]c(CCl)nc21. The number of carbonyl (C=O) groups excluding carboxylic acids is 4. The minimum Gasteiger partial charge on any atom is -0.497 e. The Hall–Kier alpha value is -7.69. The van der Waals surface area contributed by atoms with E-state index in [0.717, 1.165) is 94.1 Å². The zero-order valence-electron chi connectivity index (χ0n) is 41.4. The van der Waals surface area contributed by atoms with Crippen LogP contribution in [0.1, 0.15) is 88.2 Å². The Kier molecular flexibility index (Phi) is 15.2. The number of piperazine rings is 2. The molecule has 74 heavy (non-hydrogen) atoms. The third kappa shape index (κ3) is 10.4. The van der Waals surface area contributed by atoms with Crippen molar-refractivity contribution in [1.29, 1.82) is 0 Å². The number of aromatic amines is 2. The minimum absolute atomic E-state index is 0.120. The summed E-state index contributed by atoms with van der Waals surface area (Å²) in [7, 11) is 3.39. The summed E-state index contributed by atoms with van der Waals surface area (Å²) >= 11 is 5.78. The lowest BCUT2D eigenvalue weighted by molar-refractivity contribution is 0.0980. The van der Waals surface area contributed by atoms with Crippen LogP contribution in [0.15, 0.2) is 121 Å². The van der Waals surface area contributed by atoms with E-state index in [4.69, 9.17) is 30.8 Å². The summed E-state index contributed by atoms with van der Waals surface area (Å²) in [5.41, 5.74) is 8.40. The first-order chi connectivity index (χ1) is 36.2. The molecule has 378 valence electrons. The summed E-state index contributed by atoms with van der Waals surface area (Å²) in [6.45, 7) is 10.6. The van der Waals surface area contributed by atoms with Crippen LogP contribution in [-0.2, 0) is 17.2 Å². The quantitative estimate of drug-likeness (QED) is 0.130. The minimum atomic E-state index is -0.168. The molecule has 3 saturated heterocycles. The number of carbonyl (C=O) groups is 4. The maximum Gasteiger partial charge on any atom is 0.196 e. The van der Waals surface area contributed by atoms with Gasteiger partial charge < -0.3 is 39.3 Å². The Morgan fingerprint density at radius 3 is 1.45 bits per heavy atom. The lowest BCUT2D eigenvalue weighted by atomic mass is 9.83. The largest absolute Gasteiger partial charge is 0.497 e. The zero-order chi connectivity index (χ0) is 51.1. The molecule has 0 atom stereocenters. The van der Waals surface area contributed by atoms with Crippen LogP contribution in [-0.4, -0.2) is 128 Å².